The first-order valence-electron chi connectivity index (χ1n) is 9.43. The molecule has 1 amide bonds. The first-order valence-corrected chi connectivity index (χ1v) is 9.81. The van der Waals surface area contributed by atoms with E-state index in [-0.39, 0.29) is 12.5 Å². The first kappa shape index (κ1) is 20.4. The Morgan fingerprint density at radius 3 is 2.32 bits per heavy atom. The van der Waals surface area contributed by atoms with Crippen molar-refractivity contribution in [3.8, 4) is 11.1 Å². The number of carbonyl (C=O) groups is 2. The summed E-state index contributed by atoms with van der Waals surface area (Å²) in [6, 6.07) is 15.3. The topological polar surface area (TPSA) is 49.9 Å². The summed E-state index contributed by atoms with van der Waals surface area (Å²) in [5.41, 5.74) is 2.77. The number of rotatable bonds is 5. The van der Waals surface area contributed by atoms with E-state index in [0.717, 1.165) is 29.8 Å². The summed E-state index contributed by atoms with van der Waals surface area (Å²) in [6.45, 7) is 4.61. The van der Waals surface area contributed by atoms with E-state index in [1.807, 2.05) is 55.6 Å². The number of nitrogens with zero attached hydrogens (tertiary/aromatic N) is 2. The molecule has 5 nitrogen and oxygen atoms in total. The van der Waals surface area contributed by atoms with Crippen LogP contribution in [0.3, 0.4) is 0 Å². The number of piperazine rings is 1. The smallest absolute Gasteiger partial charge is 0.313 e. The molecule has 1 unspecified atom stereocenters. The van der Waals surface area contributed by atoms with E-state index in [4.69, 9.17) is 16.3 Å². The highest BCUT2D eigenvalue weighted by molar-refractivity contribution is 6.33. The van der Waals surface area contributed by atoms with Crippen LogP contribution in [0, 0.1) is 0 Å². The zero-order chi connectivity index (χ0) is 20.1. The van der Waals surface area contributed by atoms with Crippen molar-refractivity contribution in [3.05, 3.63) is 59.1 Å². The highest BCUT2D eigenvalue weighted by atomic mass is 35.5. The summed E-state index contributed by atoms with van der Waals surface area (Å²) < 4.78 is 5.27. The maximum atomic E-state index is 12.4. The molecule has 0 saturated carbocycles. The molecule has 28 heavy (non-hydrogen) atoms. The minimum absolute atomic E-state index is 0.136. The Bertz CT molecular complexity index is 830. The fraction of sp³-hybridized carbons (Fsp3) is 0.364. The van der Waals surface area contributed by atoms with Crippen LogP contribution >= 0.6 is 11.6 Å². The van der Waals surface area contributed by atoms with Gasteiger partial charge < -0.3 is 14.5 Å². The number of carbonyl (C=O) groups excluding carboxylic acids is 2. The molecule has 3 rings (SSSR count). The summed E-state index contributed by atoms with van der Waals surface area (Å²) >= 11 is 6.24. The highest BCUT2D eigenvalue weighted by Gasteiger charge is 2.22. The van der Waals surface area contributed by atoms with Crippen molar-refractivity contribution in [2.45, 2.75) is 12.8 Å². The Kier molecular flexibility index (Phi) is 6.70. The van der Waals surface area contributed by atoms with E-state index in [2.05, 4.69) is 4.90 Å². The van der Waals surface area contributed by atoms with Crippen LogP contribution in [-0.4, -0.2) is 61.5 Å². The number of esters is 1. The van der Waals surface area contributed by atoms with Gasteiger partial charge in [-0.25, -0.2) is 0 Å². The van der Waals surface area contributed by atoms with E-state index in [1.165, 1.54) is 0 Å². The maximum Gasteiger partial charge on any atom is 0.313 e. The summed E-state index contributed by atoms with van der Waals surface area (Å²) in [6.07, 6.45) is 0. The Hall–Kier alpha value is -2.37. The predicted molar refractivity (Wildman–Crippen MR) is 110 cm³/mol. The largest absolute Gasteiger partial charge is 0.455 e. The van der Waals surface area contributed by atoms with Gasteiger partial charge >= 0.3 is 5.97 Å². The van der Waals surface area contributed by atoms with Gasteiger partial charge in [0.25, 0.3) is 5.91 Å². The van der Waals surface area contributed by atoms with Gasteiger partial charge in [-0.3, -0.25) is 9.59 Å². The molecule has 0 N–H and O–H groups in total. The number of halogens is 1. The van der Waals surface area contributed by atoms with Crippen molar-refractivity contribution in [2.75, 3.05) is 39.8 Å². The summed E-state index contributed by atoms with van der Waals surface area (Å²) in [5, 5.41) is 0.685. The van der Waals surface area contributed by atoms with E-state index in [9.17, 15) is 9.59 Å². The number of likely N-dealkylation sites (N-methyl/N-ethyl adjacent to an activating group) is 1. The van der Waals surface area contributed by atoms with Gasteiger partial charge in [0.15, 0.2) is 6.61 Å². The molecule has 1 atom stereocenters. The molecule has 1 saturated heterocycles. The average Bonchev–Trinajstić information content (AvgIpc) is 2.72. The lowest BCUT2D eigenvalue weighted by Crippen LogP contribution is -2.48. The minimum atomic E-state index is -0.444. The number of ether oxygens (including phenoxy) is 1. The quantitative estimate of drug-likeness (QED) is 0.721. The van der Waals surface area contributed by atoms with E-state index >= 15 is 0 Å². The fourth-order valence-corrected chi connectivity index (χ4v) is 3.43. The van der Waals surface area contributed by atoms with Crippen LogP contribution in [0.5, 0.6) is 0 Å². The van der Waals surface area contributed by atoms with Gasteiger partial charge in [0, 0.05) is 36.8 Å². The van der Waals surface area contributed by atoms with Gasteiger partial charge in [0.05, 0.1) is 5.92 Å². The van der Waals surface area contributed by atoms with Crippen molar-refractivity contribution in [1.29, 1.82) is 0 Å². The highest BCUT2D eigenvalue weighted by Crippen LogP contribution is 2.29. The lowest BCUT2D eigenvalue weighted by atomic mass is 9.97. The van der Waals surface area contributed by atoms with Crippen LogP contribution in [0.25, 0.3) is 11.1 Å². The lowest BCUT2D eigenvalue weighted by Gasteiger charge is -2.32. The van der Waals surface area contributed by atoms with Gasteiger partial charge in [-0.05, 0) is 31.2 Å². The number of hydrogen-bond donors (Lipinski definition) is 0. The molecule has 1 fully saturated rings. The summed E-state index contributed by atoms with van der Waals surface area (Å²) in [7, 11) is 2.03. The molecule has 0 radical (unpaired) electrons. The van der Waals surface area contributed by atoms with Crippen LogP contribution in [0.4, 0.5) is 0 Å². The summed E-state index contributed by atoms with van der Waals surface area (Å²) in [4.78, 5) is 28.5. The van der Waals surface area contributed by atoms with E-state index in [0.29, 0.717) is 18.1 Å². The van der Waals surface area contributed by atoms with Gasteiger partial charge in [0.1, 0.15) is 0 Å². The van der Waals surface area contributed by atoms with Crippen LogP contribution in [-0.2, 0) is 14.3 Å². The fourth-order valence-electron chi connectivity index (χ4n) is 3.19. The monoisotopic (exact) mass is 400 g/mol. The molecule has 0 bridgehead atoms. The summed E-state index contributed by atoms with van der Waals surface area (Å²) in [5.74, 6) is -0.976. The normalized spacial score (nSPS) is 15.9. The zero-order valence-corrected chi connectivity index (χ0v) is 17.0. The van der Waals surface area contributed by atoms with Crippen molar-refractivity contribution in [2.24, 2.45) is 0 Å². The Labute approximate surface area is 170 Å². The van der Waals surface area contributed by atoms with Crippen LogP contribution in [0.1, 0.15) is 18.4 Å². The second kappa shape index (κ2) is 9.22. The maximum absolute atomic E-state index is 12.4. The molecule has 1 heterocycles. The van der Waals surface area contributed by atoms with Crippen molar-refractivity contribution in [3.63, 3.8) is 0 Å². The standard InChI is InChI=1S/C22H25ClN2O3/c1-16(22(27)28-15-21(26)25-13-11-24(2)12-14-25)17-7-9-18(10-8-17)19-5-3-4-6-20(19)23/h3-10,16H,11-15H2,1-2H3. The molecule has 2 aromatic rings. The Morgan fingerprint density at radius 2 is 1.68 bits per heavy atom. The predicted octanol–water partition coefficient (Wildman–Crippen LogP) is 3.43. The van der Waals surface area contributed by atoms with Crippen molar-refractivity contribution >= 4 is 23.5 Å². The number of benzene rings is 2. The molecule has 1 aliphatic rings. The molecule has 6 heteroatoms. The number of hydrogen-bond acceptors (Lipinski definition) is 4. The molecule has 0 aromatic heterocycles. The minimum Gasteiger partial charge on any atom is -0.455 e. The second-order valence-corrected chi connectivity index (χ2v) is 7.52. The molecular weight excluding hydrogens is 376 g/mol. The molecule has 0 spiro atoms. The third kappa shape index (κ3) is 4.91. The molecule has 1 aliphatic heterocycles. The number of amides is 1. The SMILES string of the molecule is CC(C(=O)OCC(=O)N1CCN(C)CC1)c1ccc(-c2ccccc2Cl)cc1. The zero-order valence-electron chi connectivity index (χ0n) is 16.2. The van der Waals surface area contributed by atoms with Crippen LogP contribution < -0.4 is 0 Å². The lowest BCUT2D eigenvalue weighted by molar-refractivity contribution is -0.153. The van der Waals surface area contributed by atoms with Gasteiger partial charge in [-0.2, -0.15) is 0 Å². The average molecular weight is 401 g/mol. The molecule has 2 aromatic carbocycles. The van der Waals surface area contributed by atoms with E-state index < -0.39 is 11.9 Å². The molecular formula is C22H25ClN2O3. The Morgan fingerprint density at radius 1 is 1.04 bits per heavy atom. The van der Waals surface area contributed by atoms with Gasteiger partial charge in [0.2, 0.25) is 0 Å². The molecule has 148 valence electrons. The Balaban J connectivity index is 1.56. The van der Waals surface area contributed by atoms with Crippen LogP contribution in [0.2, 0.25) is 5.02 Å². The third-order valence-corrected chi connectivity index (χ3v) is 5.47. The van der Waals surface area contributed by atoms with Crippen molar-refractivity contribution < 1.29 is 14.3 Å². The van der Waals surface area contributed by atoms with Crippen molar-refractivity contribution in [1.82, 2.24) is 9.80 Å². The van der Waals surface area contributed by atoms with Crippen LogP contribution in [0.15, 0.2) is 48.5 Å². The van der Waals surface area contributed by atoms with Gasteiger partial charge in [-0.15, -0.1) is 0 Å². The first-order chi connectivity index (χ1) is 13.5. The third-order valence-electron chi connectivity index (χ3n) is 5.14. The second-order valence-electron chi connectivity index (χ2n) is 7.12. The van der Waals surface area contributed by atoms with Gasteiger partial charge in [-0.1, -0.05) is 54.1 Å². The van der Waals surface area contributed by atoms with E-state index in [1.54, 1.807) is 11.8 Å². The molecule has 0 aliphatic carbocycles.